The van der Waals surface area contributed by atoms with Gasteiger partial charge in [0.05, 0.1) is 0 Å². The van der Waals surface area contributed by atoms with E-state index < -0.39 is 0 Å². The molecule has 0 saturated carbocycles. The maximum Gasteiger partial charge on any atom is 0.321 e. The van der Waals surface area contributed by atoms with Gasteiger partial charge >= 0.3 is 6.03 Å². The lowest BCUT2D eigenvalue weighted by atomic mass is 10.0. The summed E-state index contributed by atoms with van der Waals surface area (Å²) >= 11 is 1.41. The highest BCUT2D eigenvalue weighted by Gasteiger charge is 2.26. The normalized spacial score (nSPS) is 19.1. The number of hydrogen-bond donors (Lipinski definition) is 2. The maximum absolute atomic E-state index is 11.9. The van der Waals surface area contributed by atoms with Crippen molar-refractivity contribution in [3.63, 3.8) is 0 Å². The number of hydrogen-bond acceptors (Lipinski definition) is 5. The van der Waals surface area contributed by atoms with E-state index in [2.05, 4.69) is 56.7 Å². The zero-order valence-electron chi connectivity index (χ0n) is 13.8. The fraction of sp³-hybridized carbons (Fsp3) is 0.412. The summed E-state index contributed by atoms with van der Waals surface area (Å²) in [6, 6.07) is 10.7. The summed E-state index contributed by atoms with van der Waals surface area (Å²) < 4.78 is 0. The van der Waals surface area contributed by atoms with Gasteiger partial charge in [0.25, 0.3) is 0 Å². The van der Waals surface area contributed by atoms with Crippen molar-refractivity contribution in [1.82, 2.24) is 20.1 Å². The van der Waals surface area contributed by atoms with Gasteiger partial charge in [-0.05, 0) is 12.6 Å². The first-order valence-electron chi connectivity index (χ1n) is 8.14. The Morgan fingerprint density at radius 1 is 1.33 bits per heavy atom. The number of urea groups is 1. The molecule has 2 heterocycles. The fourth-order valence-electron chi connectivity index (χ4n) is 2.96. The Hall–Kier alpha value is -1.96. The predicted molar refractivity (Wildman–Crippen MR) is 97.4 cm³/mol. The zero-order valence-corrected chi connectivity index (χ0v) is 14.6. The van der Waals surface area contributed by atoms with E-state index in [9.17, 15) is 4.79 Å². The lowest BCUT2D eigenvalue weighted by molar-refractivity contribution is 0.0913. The molecule has 1 saturated heterocycles. The van der Waals surface area contributed by atoms with Gasteiger partial charge in [0.2, 0.25) is 0 Å². The number of anilines is 1. The van der Waals surface area contributed by atoms with E-state index in [1.54, 1.807) is 6.20 Å². The average Bonchev–Trinajstić information content (AvgIpc) is 3.10. The Bertz CT molecular complexity index is 634. The Balaban J connectivity index is 1.51. The molecule has 1 unspecified atom stereocenters. The Morgan fingerprint density at radius 3 is 2.92 bits per heavy atom. The van der Waals surface area contributed by atoms with E-state index >= 15 is 0 Å². The van der Waals surface area contributed by atoms with E-state index in [0.29, 0.717) is 17.7 Å². The van der Waals surface area contributed by atoms with Crippen LogP contribution in [-0.2, 0) is 0 Å². The minimum atomic E-state index is -0.199. The quantitative estimate of drug-likeness (QED) is 0.873. The number of rotatable bonds is 5. The summed E-state index contributed by atoms with van der Waals surface area (Å²) in [5, 5.41) is 8.11. The number of nitrogens with zero attached hydrogens (tertiary/aromatic N) is 3. The molecule has 6 nitrogen and oxygen atoms in total. The molecule has 7 heteroatoms. The number of carbonyl (C=O) groups excluding carboxylic acids is 1. The number of thiazole rings is 1. The van der Waals surface area contributed by atoms with Crippen molar-refractivity contribution in [1.29, 1.82) is 0 Å². The number of nitrogens with one attached hydrogen (secondary N) is 2. The zero-order chi connectivity index (χ0) is 16.8. The van der Waals surface area contributed by atoms with Gasteiger partial charge in [-0.15, -0.1) is 11.3 Å². The first kappa shape index (κ1) is 16.9. The molecule has 2 aromatic rings. The molecule has 3 rings (SSSR count). The molecule has 1 atom stereocenters. The minimum Gasteiger partial charge on any atom is -0.337 e. The largest absolute Gasteiger partial charge is 0.337 e. The molecule has 0 radical (unpaired) electrons. The Morgan fingerprint density at radius 2 is 2.17 bits per heavy atom. The molecule has 1 aromatic carbocycles. The van der Waals surface area contributed by atoms with Crippen LogP contribution in [0, 0.1) is 0 Å². The molecular weight excluding hydrogens is 322 g/mol. The van der Waals surface area contributed by atoms with Crippen LogP contribution in [0.15, 0.2) is 41.9 Å². The van der Waals surface area contributed by atoms with Crippen molar-refractivity contribution in [2.24, 2.45) is 0 Å². The first-order chi connectivity index (χ1) is 11.7. The van der Waals surface area contributed by atoms with Gasteiger partial charge in [0.15, 0.2) is 5.13 Å². The van der Waals surface area contributed by atoms with Gasteiger partial charge in [-0.25, -0.2) is 9.78 Å². The molecule has 24 heavy (non-hydrogen) atoms. The van der Waals surface area contributed by atoms with E-state index in [0.717, 1.165) is 26.2 Å². The van der Waals surface area contributed by atoms with Crippen molar-refractivity contribution in [2.75, 3.05) is 45.1 Å². The number of amides is 2. The summed E-state index contributed by atoms with van der Waals surface area (Å²) in [5.41, 5.74) is 1.33. The van der Waals surface area contributed by atoms with Crippen LogP contribution in [0.2, 0.25) is 0 Å². The standard InChI is InChI=1S/C17H23N5OS/c1-21-10-11-22(15(13-21)14-5-3-2-4-6-14)9-7-18-16(23)20-17-19-8-12-24-17/h2-6,8,12,15H,7,9-11,13H2,1H3,(H2,18,19,20,23). The number of piperazine rings is 1. The fourth-order valence-corrected chi connectivity index (χ4v) is 3.48. The van der Waals surface area contributed by atoms with Gasteiger partial charge in [-0.1, -0.05) is 30.3 Å². The van der Waals surface area contributed by atoms with Crippen LogP contribution in [0.5, 0.6) is 0 Å². The second-order valence-electron chi connectivity index (χ2n) is 5.94. The maximum atomic E-state index is 11.9. The lowest BCUT2D eigenvalue weighted by Gasteiger charge is -2.40. The van der Waals surface area contributed by atoms with E-state index in [4.69, 9.17) is 0 Å². The number of benzene rings is 1. The van der Waals surface area contributed by atoms with Crippen LogP contribution in [0.4, 0.5) is 9.93 Å². The van der Waals surface area contributed by atoms with Gasteiger partial charge in [0, 0.05) is 50.3 Å². The van der Waals surface area contributed by atoms with Crippen LogP contribution in [0.3, 0.4) is 0 Å². The second kappa shape index (κ2) is 8.23. The molecule has 0 bridgehead atoms. The summed E-state index contributed by atoms with van der Waals surface area (Å²) in [6.07, 6.45) is 1.68. The van der Waals surface area contributed by atoms with E-state index in [1.807, 2.05) is 11.4 Å². The highest BCUT2D eigenvalue weighted by atomic mass is 32.1. The third-order valence-corrected chi connectivity index (χ3v) is 4.90. The minimum absolute atomic E-state index is 0.199. The van der Waals surface area contributed by atoms with Gasteiger partial charge in [0.1, 0.15) is 0 Å². The molecule has 2 amide bonds. The molecule has 1 aliphatic rings. The highest BCUT2D eigenvalue weighted by molar-refractivity contribution is 7.13. The Kier molecular flexibility index (Phi) is 5.79. The number of carbonyl (C=O) groups is 1. The molecule has 1 aliphatic heterocycles. The Labute approximate surface area is 146 Å². The number of likely N-dealkylation sites (N-methyl/N-ethyl adjacent to an activating group) is 1. The van der Waals surface area contributed by atoms with Crippen molar-refractivity contribution >= 4 is 22.5 Å². The molecule has 2 N–H and O–H groups in total. The SMILES string of the molecule is CN1CCN(CCNC(=O)Nc2nccs2)C(c2ccccc2)C1. The average molecular weight is 345 g/mol. The highest BCUT2D eigenvalue weighted by Crippen LogP contribution is 2.24. The van der Waals surface area contributed by atoms with Gasteiger partial charge in [-0.3, -0.25) is 10.2 Å². The topological polar surface area (TPSA) is 60.5 Å². The second-order valence-corrected chi connectivity index (χ2v) is 6.84. The molecule has 0 spiro atoms. The van der Waals surface area contributed by atoms with Gasteiger partial charge in [-0.2, -0.15) is 0 Å². The summed E-state index contributed by atoms with van der Waals surface area (Å²) in [7, 11) is 2.16. The van der Waals surface area contributed by atoms with Crippen LogP contribution in [0.1, 0.15) is 11.6 Å². The molecule has 1 fully saturated rings. The molecule has 128 valence electrons. The molecular formula is C17H23N5OS. The van der Waals surface area contributed by atoms with Crippen molar-refractivity contribution in [2.45, 2.75) is 6.04 Å². The molecule has 0 aliphatic carbocycles. The van der Waals surface area contributed by atoms with Crippen LogP contribution in [0.25, 0.3) is 0 Å². The van der Waals surface area contributed by atoms with Crippen molar-refractivity contribution in [3.8, 4) is 0 Å². The third-order valence-electron chi connectivity index (χ3n) is 4.22. The smallest absolute Gasteiger partial charge is 0.321 e. The van der Waals surface area contributed by atoms with Crippen LogP contribution in [-0.4, -0.2) is 60.6 Å². The van der Waals surface area contributed by atoms with Crippen molar-refractivity contribution in [3.05, 3.63) is 47.5 Å². The van der Waals surface area contributed by atoms with Crippen LogP contribution < -0.4 is 10.6 Å². The summed E-state index contributed by atoms with van der Waals surface area (Å²) in [5.74, 6) is 0. The molecule has 1 aromatic heterocycles. The van der Waals surface area contributed by atoms with Crippen LogP contribution >= 0.6 is 11.3 Å². The van der Waals surface area contributed by atoms with Gasteiger partial charge < -0.3 is 10.2 Å². The summed E-state index contributed by atoms with van der Waals surface area (Å²) in [4.78, 5) is 20.7. The predicted octanol–water partition coefficient (Wildman–Crippen LogP) is 2.25. The number of aromatic nitrogens is 1. The van der Waals surface area contributed by atoms with Crippen molar-refractivity contribution < 1.29 is 4.79 Å². The third kappa shape index (κ3) is 4.53. The van der Waals surface area contributed by atoms with E-state index in [-0.39, 0.29) is 6.03 Å². The first-order valence-corrected chi connectivity index (χ1v) is 9.02. The van der Waals surface area contributed by atoms with E-state index in [1.165, 1.54) is 16.9 Å². The monoisotopic (exact) mass is 345 g/mol. The summed E-state index contributed by atoms with van der Waals surface area (Å²) in [6.45, 7) is 4.51. The lowest BCUT2D eigenvalue weighted by Crippen LogP contribution is -2.49.